The van der Waals surface area contributed by atoms with Gasteiger partial charge in [0.25, 0.3) is 11.7 Å². The summed E-state index contributed by atoms with van der Waals surface area (Å²) in [5, 5.41) is 7.05. The van der Waals surface area contributed by atoms with Crippen molar-refractivity contribution in [2.75, 3.05) is 0 Å². The Morgan fingerprint density at radius 3 is 2.60 bits per heavy atom. The van der Waals surface area contributed by atoms with Crippen LogP contribution in [0.1, 0.15) is 27.9 Å². The van der Waals surface area contributed by atoms with Crippen molar-refractivity contribution in [1.29, 1.82) is 5.26 Å². The van der Waals surface area contributed by atoms with Gasteiger partial charge in [0.05, 0.1) is 16.7 Å². The highest BCUT2D eigenvalue weighted by molar-refractivity contribution is 6.68. The van der Waals surface area contributed by atoms with Crippen molar-refractivity contribution in [3.8, 4) is 6.07 Å². The number of nitrogens with zero attached hydrogens (tertiary/aromatic N) is 2. The van der Waals surface area contributed by atoms with E-state index in [1.54, 1.807) is 0 Å². The topological polar surface area (TPSA) is 53.8 Å². The molecule has 15 heavy (non-hydrogen) atoms. The third kappa shape index (κ3) is 2.07. The van der Waals surface area contributed by atoms with Gasteiger partial charge in [0, 0.05) is 6.20 Å². The second-order valence-corrected chi connectivity index (χ2v) is 2.78. The van der Waals surface area contributed by atoms with Crippen LogP contribution in [0, 0.1) is 17.3 Å². The van der Waals surface area contributed by atoms with E-state index in [1.807, 2.05) is 0 Å². The maximum absolute atomic E-state index is 12.9. The van der Waals surface area contributed by atoms with Gasteiger partial charge < -0.3 is 0 Å². The summed E-state index contributed by atoms with van der Waals surface area (Å²) in [6.07, 6.45) is -2.55. The quantitative estimate of drug-likeness (QED) is 0.583. The van der Waals surface area contributed by atoms with Gasteiger partial charge in [-0.15, -0.1) is 0 Å². The highest BCUT2D eigenvalue weighted by Crippen LogP contribution is 2.28. The molecule has 0 bridgehead atoms. The van der Waals surface area contributed by atoms with E-state index >= 15 is 0 Å². The molecule has 0 aliphatic heterocycles. The maximum atomic E-state index is 12.9. The predicted molar refractivity (Wildman–Crippen MR) is 44.1 cm³/mol. The first-order chi connectivity index (χ1) is 6.99. The molecule has 0 radical (unpaired) electrons. The molecule has 0 fully saturated rings. The van der Waals surface area contributed by atoms with Crippen LogP contribution in [0.15, 0.2) is 6.20 Å². The number of pyridine rings is 1. The molecule has 1 rings (SSSR count). The molecule has 0 saturated heterocycles. The third-order valence-electron chi connectivity index (χ3n) is 1.61. The molecule has 1 aromatic rings. The molecule has 7 heteroatoms. The normalized spacial score (nSPS) is 10.1. The zero-order chi connectivity index (χ0) is 11.6. The number of hydrogen-bond donors (Lipinski definition) is 0. The largest absolute Gasteiger partial charge is 0.275 e. The summed E-state index contributed by atoms with van der Waals surface area (Å²) < 4.78 is 37.8. The molecule has 78 valence electrons. The van der Waals surface area contributed by atoms with Gasteiger partial charge >= 0.3 is 0 Å². The van der Waals surface area contributed by atoms with Crippen LogP contribution in [0.3, 0.4) is 0 Å². The van der Waals surface area contributed by atoms with Crippen LogP contribution in [0.25, 0.3) is 0 Å². The minimum Gasteiger partial charge on any atom is -0.275 e. The van der Waals surface area contributed by atoms with Crippen molar-refractivity contribution in [3.63, 3.8) is 0 Å². The smallest absolute Gasteiger partial charge is 0.266 e. The van der Waals surface area contributed by atoms with Crippen LogP contribution in [-0.2, 0) is 0 Å². The summed E-state index contributed by atoms with van der Waals surface area (Å²) in [5.74, 6) is -1.41. The molecule has 3 nitrogen and oxygen atoms in total. The molecular weight excluding hydrogens is 233 g/mol. The monoisotopic (exact) mass is 234 g/mol. The fraction of sp³-hybridized carbons (Fsp3) is 0.125. The van der Waals surface area contributed by atoms with Crippen LogP contribution >= 0.6 is 11.6 Å². The van der Waals surface area contributed by atoms with E-state index in [1.165, 1.54) is 6.07 Å². The van der Waals surface area contributed by atoms with Crippen LogP contribution in [0.2, 0.25) is 0 Å². The first-order valence-corrected chi connectivity index (χ1v) is 3.93. The summed E-state index contributed by atoms with van der Waals surface area (Å²) in [4.78, 5) is 13.7. The summed E-state index contributed by atoms with van der Waals surface area (Å²) in [5.41, 5.74) is -2.65. The Morgan fingerprint density at radius 1 is 1.60 bits per heavy atom. The van der Waals surface area contributed by atoms with E-state index in [-0.39, 0.29) is 0 Å². The van der Waals surface area contributed by atoms with E-state index < -0.39 is 34.3 Å². The van der Waals surface area contributed by atoms with E-state index in [9.17, 15) is 18.0 Å². The number of hydrogen-bond acceptors (Lipinski definition) is 3. The van der Waals surface area contributed by atoms with Crippen LogP contribution in [0.5, 0.6) is 0 Å². The summed E-state index contributed by atoms with van der Waals surface area (Å²) >= 11 is 4.92. The lowest BCUT2D eigenvalue weighted by atomic mass is 10.1. The van der Waals surface area contributed by atoms with Crippen molar-refractivity contribution >= 4 is 16.8 Å². The van der Waals surface area contributed by atoms with E-state index in [0.29, 0.717) is 6.20 Å². The lowest BCUT2D eigenvalue weighted by molar-refractivity contribution is 0.106. The van der Waals surface area contributed by atoms with Crippen LogP contribution < -0.4 is 0 Å². The van der Waals surface area contributed by atoms with Crippen molar-refractivity contribution in [3.05, 3.63) is 28.8 Å². The molecule has 0 aromatic carbocycles. The minimum atomic E-state index is -3.17. The van der Waals surface area contributed by atoms with Crippen LogP contribution in [-0.4, -0.2) is 10.2 Å². The second-order valence-electron chi connectivity index (χ2n) is 2.44. The number of aromatic nitrogens is 1. The molecule has 0 saturated carbocycles. The maximum Gasteiger partial charge on any atom is 0.266 e. The number of carbonyl (C=O) groups is 1. The number of rotatable bonds is 2. The predicted octanol–water partition coefficient (Wildman–Crippen LogP) is 2.41. The standard InChI is InChI=1S/C8H2ClF3N2O/c9-6(15)5-4(7(10)11)3(1-13)2-14-8(5)12/h2,7H. The molecule has 0 spiro atoms. The van der Waals surface area contributed by atoms with E-state index in [4.69, 9.17) is 16.9 Å². The first kappa shape index (κ1) is 11.5. The zero-order valence-electron chi connectivity index (χ0n) is 6.97. The van der Waals surface area contributed by atoms with Gasteiger partial charge in [0.1, 0.15) is 6.07 Å². The van der Waals surface area contributed by atoms with E-state index in [2.05, 4.69) is 4.98 Å². The van der Waals surface area contributed by atoms with Gasteiger partial charge in [-0.05, 0) is 11.6 Å². The zero-order valence-corrected chi connectivity index (χ0v) is 7.73. The molecule has 0 amide bonds. The van der Waals surface area contributed by atoms with Crippen molar-refractivity contribution in [2.45, 2.75) is 6.43 Å². The van der Waals surface area contributed by atoms with Crippen molar-refractivity contribution < 1.29 is 18.0 Å². The molecular formula is C8H2ClF3N2O. The number of carbonyl (C=O) groups excluding carboxylic acids is 1. The molecule has 0 atom stereocenters. The SMILES string of the molecule is N#Cc1cnc(F)c(C(=O)Cl)c1C(F)F. The Bertz CT molecular complexity index is 456. The minimum absolute atomic E-state index is 0.574. The average Bonchev–Trinajstić information content (AvgIpc) is 2.16. The third-order valence-corrected chi connectivity index (χ3v) is 1.80. The number of alkyl halides is 2. The lowest BCUT2D eigenvalue weighted by Crippen LogP contribution is -2.07. The fourth-order valence-corrected chi connectivity index (χ4v) is 1.18. The Morgan fingerprint density at radius 2 is 2.20 bits per heavy atom. The van der Waals surface area contributed by atoms with E-state index in [0.717, 1.165) is 0 Å². The molecule has 0 unspecified atom stereocenters. The van der Waals surface area contributed by atoms with Gasteiger partial charge in [-0.2, -0.15) is 9.65 Å². The van der Waals surface area contributed by atoms with Gasteiger partial charge in [-0.3, -0.25) is 4.79 Å². The Kier molecular flexibility index (Phi) is 3.27. The number of halogens is 4. The van der Waals surface area contributed by atoms with Gasteiger partial charge in [-0.25, -0.2) is 13.8 Å². The fourth-order valence-electron chi connectivity index (χ4n) is 1.00. The Balaban J connectivity index is 3.60. The molecule has 0 aliphatic rings. The van der Waals surface area contributed by atoms with Crippen LogP contribution in [0.4, 0.5) is 13.2 Å². The number of nitriles is 1. The molecule has 1 aromatic heterocycles. The average molecular weight is 235 g/mol. The Labute approximate surface area is 87.1 Å². The highest BCUT2D eigenvalue weighted by Gasteiger charge is 2.26. The Hall–Kier alpha value is -1.61. The second kappa shape index (κ2) is 4.28. The first-order valence-electron chi connectivity index (χ1n) is 3.55. The molecule has 0 aliphatic carbocycles. The molecule has 0 N–H and O–H groups in total. The molecule has 1 heterocycles. The van der Waals surface area contributed by atoms with Crippen molar-refractivity contribution in [2.24, 2.45) is 0 Å². The van der Waals surface area contributed by atoms with Gasteiger partial charge in [0.15, 0.2) is 0 Å². The lowest BCUT2D eigenvalue weighted by Gasteiger charge is -2.06. The van der Waals surface area contributed by atoms with Gasteiger partial charge in [0.2, 0.25) is 5.95 Å². The van der Waals surface area contributed by atoms with Gasteiger partial charge in [-0.1, -0.05) is 0 Å². The summed E-state index contributed by atoms with van der Waals surface area (Å²) in [7, 11) is 0. The van der Waals surface area contributed by atoms with Crippen molar-refractivity contribution in [1.82, 2.24) is 4.98 Å². The highest BCUT2D eigenvalue weighted by atomic mass is 35.5. The summed E-state index contributed by atoms with van der Waals surface area (Å²) in [6.45, 7) is 0. The summed E-state index contributed by atoms with van der Waals surface area (Å²) in [6, 6.07) is 1.38.